The lowest BCUT2D eigenvalue weighted by Crippen LogP contribution is -2.10. The number of nitrogens with one attached hydrogen (secondary N) is 1. The zero-order valence-corrected chi connectivity index (χ0v) is 18.3. The Balaban J connectivity index is 1.61. The van der Waals surface area contributed by atoms with Crippen LogP contribution in [0.1, 0.15) is 18.9 Å². The van der Waals surface area contributed by atoms with Crippen LogP contribution in [-0.2, 0) is 6.54 Å². The van der Waals surface area contributed by atoms with E-state index in [1.54, 1.807) is 12.4 Å². The fraction of sp³-hybridized carbons (Fsp3) is 0.160. The van der Waals surface area contributed by atoms with Crippen molar-refractivity contribution in [1.82, 2.24) is 19.5 Å². The number of hydrogen-bond acceptors (Lipinski definition) is 4. The number of benzene rings is 3. The number of hydrogen-bond donors (Lipinski definition) is 1. The van der Waals surface area contributed by atoms with Gasteiger partial charge in [0.1, 0.15) is 11.6 Å². The average molecular weight is 445 g/mol. The molecule has 32 heavy (non-hydrogen) atoms. The first-order chi connectivity index (χ1) is 15.6. The number of ether oxygens (including phenoxy) is 1. The lowest BCUT2D eigenvalue weighted by atomic mass is 10.1. The van der Waals surface area contributed by atoms with Gasteiger partial charge in [-0.05, 0) is 48.4 Å². The molecule has 160 valence electrons. The summed E-state index contributed by atoms with van der Waals surface area (Å²) >= 11 is 6.00. The number of aromatic amines is 1. The Morgan fingerprint density at radius 2 is 1.88 bits per heavy atom. The van der Waals surface area contributed by atoms with Crippen molar-refractivity contribution in [3.05, 3.63) is 87.9 Å². The first-order valence-corrected chi connectivity index (χ1v) is 10.9. The monoisotopic (exact) mass is 444 g/mol. The number of imidazole rings is 1. The lowest BCUT2D eigenvalue weighted by molar-refractivity contribution is 0.318. The molecular weight excluding hydrogens is 424 g/mol. The number of para-hydroxylation sites is 1. The molecule has 5 rings (SSSR count). The number of nitrogens with zero attached hydrogens (tertiary/aromatic N) is 3. The van der Waals surface area contributed by atoms with Gasteiger partial charge in [-0.2, -0.15) is 0 Å². The Hall–Kier alpha value is -3.64. The second-order valence-electron chi connectivity index (χ2n) is 7.62. The molecule has 0 bridgehead atoms. The van der Waals surface area contributed by atoms with Crippen molar-refractivity contribution < 1.29 is 4.74 Å². The maximum absolute atomic E-state index is 12.9. The molecule has 0 aliphatic heterocycles. The average Bonchev–Trinajstić information content (AvgIpc) is 3.19. The van der Waals surface area contributed by atoms with Gasteiger partial charge in [0.15, 0.2) is 0 Å². The van der Waals surface area contributed by atoms with Gasteiger partial charge in [0.2, 0.25) is 0 Å². The molecule has 0 saturated heterocycles. The summed E-state index contributed by atoms with van der Waals surface area (Å²) in [6.45, 7) is 3.29. The van der Waals surface area contributed by atoms with E-state index >= 15 is 0 Å². The highest BCUT2D eigenvalue weighted by Crippen LogP contribution is 2.28. The van der Waals surface area contributed by atoms with Crippen molar-refractivity contribution in [2.24, 2.45) is 0 Å². The normalized spacial score (nSPS) is 11.3. The summed E-state index contributed by atoms with van der Waals surface area (Å²) < 4.78 is 7.90. The van der Waals surface area contributed by atoms with Gasteiger partial charge in [-0.15, -0.1) is 0 Å². The molecule has 5 aromatic rings. The Bertz CT molecular complexity index is 1470. The van der Waals surface area contributed by atoms with Gasteiger partial charge < -0.3 is 14.3 Å². The number of rotatable bonds is 6. The van der Waals surface area contributed by atoms with Crippen molar-refractivity contribution in [1.29, 1.82) is 0 Å². The van der Waals surface area contributed by atoms with Crippen LogP contribution in [0.4, 0.5) is 0 Å². The van der Waals surface area contributed by atoms with Gasteiger partial charge in [-0.25, -0.2) is 9.97 Å². The molecule has 0 radical (unpaired) electrons. The summed E-state index contributed by atoms with van der Waals surface area (Å²) in [5.41, 5.74) is 3.93. The van der Waals surface area contributed by atoms with Crippen LogP contribution in [0.2, 0.25) is 5.02 Å². The second kappa shape index (κ2) is 8.48. The third-order valence-electron chi connectivity index (χ3n) is 5.32. The molecule has 0 atom stereocenters. The van der Waals surface area contributed by atoms with E-state index in [1.807, 2.05) is 59.2 Å². The molecule has 0 aliphatic carbocycles. The molecule has 1 N–H and O–H groups in total. The van der Waals surface area contributed by atoms with Crippen LogP contribution in [0.3, 0.4) is 0 Å². The van der Waals surface area contributed by atoms with Gasteiger partial charge in [0, 0.05) is 11.6 Å². The zero-order valence-electron chi connectivity index (χ0n) is 17.5. The predicted octanol–water partition coefficient (Wildman–Crippen LogP) is 5.43. The molecule has 0 aliphatic rings. The molecule has 6 nitrogen and oxygen atoms in total. The van der Waals surface area contributed by atoms with Crippen LogP contribution in [0, 0.1) is 0 Å². The highest BCUT2D eigenvalue weighted by molar-refractivity contribution is 6.30. The summed E-state index contributed by atoms with van der Waals surface area (Å²) in [6.07, 6.45) is 2.67. The van der Waals surface area contributed by atoms with Gasteiger partial charge in [-0.1, -0.05) is 42.8 Å². The van der Waals surface area contributed by atoms with Crippen LogP contribution in [0.5, 0.6) is 5.75 Å². The van der Waals surface area contributed by atoms with Crippen molar-refractivity contribution in [2.75, 3.05) is 6.61 Å². The number of halogens is 1. The maximum Gasteiger partial charge on any atom is 0.259 e. The minimum absolute atomic E-state index is 0.204. The van der Waals surface area contributed by atoms with Gasteiger partial charge >= 0.3 is 0 Å². The van der Waals surface area contributed by atoms with E-state index in [0.717, 1.165) is 28.6 Å². The van der Waals surface area contributed by atoms with Gasteiger partial charge in [-0.3, -0.25) is 4.79 Å². The van der Waals surface area contributed by atoms with Crippen LogP contribution in [0.25, 0.3) is 33.3 Å². The van der Waals surface area contributed by atoms with Crippen molar-refractivity contribution in [3.8, 4) is 17.1 Å². The fourth-order valence-electron chi connectivity index (χ4n) is 3.73. The number of fused-ring (bicyclic) bond motifs is 2. The van der Waals surface area contributed by atoms with Crippen LogP contribution in [0.15, 0.2) is 71.8 Å². The highest BCUT2D eigenvalue weighted by Gasteiger charge is 2.13. The summed E-state index contributed by atoms with van der Waals surface area (Å²) in [7, 11) is 0. The van der Waals surface area contributed by atoms with E-state index in [0.29, 0.717) is 40.7 Å². The first-order valence-electron chi connectivity index (χ1n) is 10.5. The van der Waals surface area contributed by atoms with Crippen LogP contribution >= 0.6 is 11.6 Å². The molecule has 2 heterocycles. The molecule has 0 unspecified atom stereocenters. The largest absolute Gasteiger partial charge is 0.493 e. The van der Waals surface area contributed by atoms with Crippen molar-refractivity contribution >= 4 is 33.5 Å². The van der Waals surface area contributed by atoms with Crippen LogP contribution < -0.4 is 10.3 Å². The third-order valence-corrected chi connectivity index (χ3v) is 5.57. The Morgan fingerprint density at radius 3 is 2.69 bits per heavy atom. The summed E-state index contributed by atoms with van der Waals surface area (Å²) in [6, 6.07) is 19.0. The molecule has 0 fully saturated rings. The maximum atomic E-state index is 12.9. The lowest BCUT2D eigenvalue weighted by Gasteiger charge is -2.11. The number of aromatic nitrogens is 4. The molecule has 0 saturated carbocycles. The summed E-state index contributed by atoms with van der Waals surface area (Å²) in [5.74, 6) is 1.18. The predicted molar refractivity (Wildman–Crippen MR) is 127 cm³/mol. The van der Waals surface area contributed by atoms with Crippen LogP contribution in [-0.4, -0.2) is 26.1 Å². The first kappa shape index (κ1) is 20.3. The quantitative estimate of drug-likeness (QED) is 0.379. The SMILES string of the molecule is CCCOc1ccccc1-c1nc2cc3c(cc2c(=O)[nH]1)ncn3Cc1ccc(Cl)cc1. The Kier molecular flexibility index (Phi) is 5.37. The Morgan fingerprint density at radius 1 is 1.06 bits per heavy atom. The van der Waals surface area contributed by atoms with Crippen molar-refractivity contribution in [3.63, 3.8) is 0 Å². The topological polar surface area (TPSA) is 72.8 Å². The Labute approximate surface area is 189 Å². The molecule has 0 amide bonds. The van der Waals surface area contributed by atoms with E-state index in [9.17, 15) is 4.79 Å². The minimum Gasteiger partial charge on any atom is -0.493 e. The highest BCUT2D eigenvalue weighted by atomic mass is 35.5. The van der Waals surface area contributed by atoms with Gasteiger partial charge in [0.05, 0.1) is 40.4 Å². The fourth-order valence-corrected chi connectivity index (χ4v) is 3.86. The summed E-state index contributed by atoms with van der Waals surface area (Å²) in [5, 5.41) is 1.21. The van der Waals surface area contributed by atoms with Crippen molar-refractivity contribution in [2.45, 2.75) is 19.9 Å². The van der Waals surface area contributed by atoms with E-state index in [4.69, 9.17) is 21.3 Å². The molecular formula is C25H21ClN4O2. The smallest absolute Gasteiger partial charge is 0.259 e. The molecule has 0 spiro atoms. The van der Waals surface area contributed by atoms with Gasteiger partial charge in [0.25, 0.3) is 5.56 Å². The second-order valence-corrected chi connectivity index (χ2v) is 8.05. The van der Waals surface area contributed by atoms with E-state index in [2.05, 4.69) is 16.9 Å². The molecule has 3 aromatic carbocycles. The van der Waals surface area contributed by atoms with E-state index in [1.165, 1.54) is 0 Å². The molecule has 7 heteroatoms. The summed E-state index contributed by atoms with van der Waals surface area (Å²) in [4.78, 5) is 25.1. The number of H-pyrrole nitrogens is 1. The standard InChI is InChI=1S/C25H21ClN4O2/c1-2-11-32-23-6-4-3-5-18(23)24-28-20-13-22-21(12-19(20)25(31)29-24)27-15-30(22)14-16-7-9-17(26)10-8-16/h3-10,12-13,15H,2,11,14H2,1H3,(H,28,29,31). The molecule has 2 aromatic heterocycles. The van der Waals surface area contributed by atoms with E-state index in [-0.39, 0.29) is 5.56 Å². The van der Waals surface area contributed by atoms with E-state index < -0.39 is 0 Å². The third kappa shape index (κ3) is 3.85. The zero-order chi connectivity index (χ0) is 22.1. The minimum atomic E-state index is -0.204.